The molecule has 0 bridgehead atoms. The molecule has 0 unspecified atom stereocenters. The Bertz CT molecular complexity index is 1010. The van der Waals surface area contributed by atoms with Crippen LogP contribution in [0.4, 0.5) is 0 Å². The molecule has 1 fully saturated rings. The number of likely N-dealkylation sites (tertiary alicyclic amines) is 1. The second-order valence-corrected chi connectivity index (χ2v) is 7.06. The highest BCUT2D eigenvalue weighted by Crippen LogP contribution is 2.28. The Morgan fingerprint density at radius 3 is 2.78 bits per heavy atom. The van der Waals surface area contributed by atoms with Crippen molar-refractivity contribution in [1.29, 1.82) is 0 Å². The minimum absolute atomic E-state index is 0.571. The number of aromatic nitrogens is 1. The lowest BCUT2D eigenvalue weighted by Crippen LogP contribution is -2.17. The van der Waals surface area contributed by atoms with E-state index in [1.54, 1.807) is 0 Å². The number of fused-ring (bicyclic) bond motifs is 1. The minimum Gasteiger partial charge on any atom is -0.460 e. The number of hydrogen-bond donors (Lipinski definition) is 0. The van der Waals surface area contributed by atoms with Crippen molar-refractivity contribution in [3.8, 4) is 11.6 Å². The minimum atomic E-state index is 0.571. The Balaban J connectivity index is 1.31. The van der Waals surface area contributed by atoms with E-state index in [0.29, 0.717) is 5.88 Å². The zero-order valence-electron chi connectivity index (χ0n) is 15.1. The van der Waals surface area contributed by atoms with Crippen LogP contribution in [0.25, 0.3) is 16.5 Å². The summed E-state index contributed by atoms with van der Waals surface area (Å²) in [6.45, 7) is 3.93. The summed E-state index contributed by atoms with van der Waals surface area (Å²) >= 11 is 0. The van der Waals surface area contributed by atoms with Crippen molar-refractivity contribution < 1.29 is 9.15 Å². The first-order valence-electron chi connectivity index (χ1n) is 9.42. The van der Waals surface area contributed by atoms with Crippen molar-refractivity contribution in [3.63, 3.8) is 0 Å². The summed E-state index contributed by atoms with van der Waals surface area (Å²) in [6.07, 6.45) is 8.25. The van der Waals surface area contributed by atoms with Crippen LogP contribution in [0.3, 0.4) is 0 Å². The molecule has 2 aliphatic rings. The fourth-order valence-corrected chi connectivity index (χ4v) is 3.65. The van der Waals surface area contributed by atoms with Gasteiger partial charge in [0.2, 0.25) is 5.88 Å². The molecule has 0 N–H and O–H groups in total. The van der Waals surface area contributed by atoms with Crippen LogP contribution in [0.2, 0.25) is 0 Å². The highest BCUT2D eigenvalue weighted by Gasteiger charge is 2.14. The molecule has 3 aromatic rings. The van der Waals surface area contributed by atoms with Crippen LogP contribution in [-0.2, 0) is 6.54 Å². The Hall–Kier alpha value is -2.92. The summed E-state index contributed by atoms with van der Waals surface area (Å²) in [6, 6.07) is 12.0. The van der Waals surface area contributed by atoms with Gasteiger partial charge in [-0.15, -0.1) is 0 Å². The number of allylic oxidation sites excluding steroid dienone is 1. The van der Waals surface area contributed by atoms with E-state index in [1.165, 1.54) is 18.4 Å². The lowest BCUT2D eigenvalue weighted by molar-refractivity contribution is 0.302. The third kappa shape index (κ3) is 3.51. The number of furan rings is 1. The molecule has 0 saturated carbocycles. The van der Waals surface area contributed by atoms with Crippen molar-refractivity contribution in [2.24, 2.45) is 4.99 Å². The summed E-state index contributed by atoms with van der Waals surface area (Å²) in [5, 5.41) is 1.10. The van der Waals surface area contributed by atoms with Gasteiger partial charge in [0.15, 0.2) is 0 Å². The van der Waals surface area contributed by atoms with Crippen LogP contribution < -0.4 is 4.74 Å². The first-order valence-corrected chi connectivity index (χ1v) is 9.42. The van der Waals surface area contributed by atoms with Gasteiger partial charge in [0.1, 0.15) is 17.1 Å². The Morgan fingerprint density at radius 2 is 2.00 bits per heavy atom. The van der Waals surface area contributed by atoms with Crippen molar-refractivity contribution in [2.75, 3.05) is 19.6 Å². The molecule has 5 nitrogen and oxygen atoms in total. The van der Waals surface area contributed by atoms with Gasteiger partial charge in [0, 0.05) is 29.9 Å². The molecule has 1 saturated heterocycles. The Labute approximate surface area is 158 Å². The summed E-state index contributed by atoms with van der Waals surface area (Å²) < 4.78 is 11.9. The second kappa shape index (κ2) is 7.00. The molecule has 2 aromatic heterocycles. The maximum Gasteiger partial charge on any atom is 0.219 e. The topological polar surface area (TPSA) is 50.9 Å². The molecule has 2 aliphatic heterocycles. The van der Waals surface area contributed by atoms with Crippen LogP contribution in [0.5, 0.6) is 11.6 Å². The molecule has 27 heavy (non-hydrogen) atoms. The molecule has 0 amide bonds. The number of ether oxygens (including phenoxy) is 1. The second-order valence-electron chi connectivity index (χ2n) is 7.06. The lowest BCUT2D eigenvalue weighted by atomic mass is 10.1. The highest BCUT2D eigenvalue weighted by molar-refractivity contribution is 5.89. The maximum absolute atomic E-state index is 6.03. The first kappa shape index (κ1) is 16.3. The van der Waals surface area contributed by atoms with Crippen molar-refractivity contribution >= 4 is 22.8 Å². The highest BCUT2D eigenvalue weighted by atomic mass is 16.5. The van der Waals surface area contributed by atoms with Gasteiger partial charge >= 0.3 is 0 Å². The van der Waals surface area contributed by atoms with Gasteiger partial charge in [-0.05, 0) is 67.4 Å². The van der Waals surface area contributed by atoms with Gasteiger partial charge < -0.3 is 9.15 Å². The van der Waals surface area contributed by atoms with E-state index in [-0.39, 0.29) is 0 Å². The molecule has 0 radical (unpaired) electrons. The molecule has 0 atom stereocenters. The molecule has 0 aliphatic carbocycles. The van der Waals surface area contributed by atoms with E-state index in [2.05, 4.69) is 20.9 Å². The Morgan fingerprint density at radius 1 is 1.07 bits per heavy atom. The predicted octanol–water partition coefficient (Wildman–Crippen LogP) is 4.68. The fraction of sp³-hybridized carbons (Fsp3) is 0.273. The number of nitrogens with zero attached hydrogens (tertiary/aromatic N) is 3. The largest absolute Gasteiger partial charge is 0.460 e. The molecule has 5 rings (SSSR count). The predicted molar refractivity (Wildman–Crippen MR) is 106 cm³/mol. The van der Waals surface area contributed by atoms with Crippen LogP contribution in [-0.4, -0.2) is 35.7 Å². The zero-order chi connectivity index (χ0) is 18.1. The van der Waals surface area contributed by atoms with Gasteiger partial charge in [-0.1, -0.05) is 0 Å². The summed E-state index contributed by atoms with van der Waals surface area (Å²) in [4.78, 5) is 11.1. The number of pyridine rings is 1. The number of aliphatic imine (C=N–C) groups is 1. The van der Waals surface area contributed by atoms with Crippen LogP contribution in [0.1, 0.15) is 24.2 Å². The molecule has 0 spiro atoms. The number of hydrogen-bond acceptors (Lipinski definition) is 5. The normalized spacial score (nSPS) is 17.0. The lowest BCUT2D eigenvalue weighted by Gasteiger charge is -2.11. The van der Waals surface area contributed by atoms with Gasteiger partial charge in [-0.2, -0.15) is 0 Å². The smallest absolute Gasteiger partial charge is 0.219 e. The average Bonchev–Trinajstić information content (AvgIpc) is 3.44. The Kier molecular flexibility index (Phi) is 4.22. The molecular weight excluding hydrogens is 338 g/mol. The third-order valence-corrected chi connectivity index (χ3v) is 5.09. The van der Waals surface area contributed by atoms with Crippen molar-refractivity contribution in [2.45, 2.75) is 19.4 Å². The molecule has 5 heteroatoms. The summed E-state index contributed by atoms with van der Waals surface area (Å²) in [5.74, 6) is 2.31. The fourth-order valence-electron chi connectivity index (χ4n) is 3.65. The molecular formula is C22H21N3O2. The van der Waals surface area contributed by atoms with Crippen LogP contribution >= 0.6 is 0 Å². The van der Waals surface area contributed by atoms with E-state index in [0.717, 1.165) is 54.2 Å². The first-order chi connectivity index (χ1) is 13.3. The summed E-state index contributed by atoms with van der Waals surface area (Å²) in [7, 11) is 0. The SMILES string of the molecule is C1=NCC(c2ccc(Oc3ccc4cc(CN5CCCC5)oc4c3)nc2)=C1. The van der Waals surface area contributed by atoms with E-state index < -0.39 is 0 Å². The number of rotatable bonds is 5. The number of benzene rings is 1. The third-order valence-electron chi connectivity index (χ3n) is 5.09. The maximum atomic E-state index is 6.03. The van der Waals surface area contributed by atoms with Crippen LogP contribution in [0.15, 0.2) is 58.1 Å². The van der Waals surface area contributed by atoms with Gasteiger partial charge in [-0.25, -0.2) is 4.98 Å². The van der Waals surface area contributed by atoms with E-state index in [9.17, 15) is 0 Å². The van der Waals surface area contributed by atoms with E-state index >= 15 is 0 Å². The van der Waals surface area contributed by atoms with E-state index in [4.69, 9.17) is 9.15 Å². The monoisotopic (exact) mass is 359 g/mol. The molecule has 4 heterocycles. The van der Waals surface area contributed by atoms with Crippen molar-refractivity contribution in [3.05, 3.63) is 60.0 Å². The average molecular weight is 359 g/mol. The van der Waals surface area contributed by atoms with Gasteiger partial charge in [0.05, 0.1) is 13.1 Å². The molecule has 136 valence electrons. The summed E-state index contributed by atoms with van der Waals surface area (Å²) in [5.41, 5.74) is 3.11. The molecule has 1 aromatic carbocycles. The zero-order valence-corrected chi connectivity index (χ0v) is 15.1. The van der Waals surface area contributed by atoms with Gasteiger partial charge in [0.25, 0.3) is 0 Å². The standard InChI is InChI=1S/C22H21N3O2/c1-2-10-25(9-1)15-20-11-16-3-5-19(12-21(16)26-20)27-22-6-4-17(14-24-22)18-7-8-23-13-18/h3-8,11-12,14H,1-2,9-10,13,15H2. The van der Waals surface area contributed by atoms with Crippen molar-refractivity contribution in [1.82, 2.24) is 9.88 Å². The van der Waals surface area contributed by atoms with E-state index in [1.807, 2.05) is 48.8 Å². The quantitative estimate of drug-likeness (QED) is 0.663. The van der Waals surface area contributed by atoms with Crippen LogP contribution in [0, 0.1) is 0 Å². The van der Waals surface area contributed by atoms with Gasteiger partial charge in [-0.3, -0.25) is 9.89 Å².